The summed E-state index contributed by atoms with van der Waals surface area (Å²) in [5.74, 6) is -0.737. The molecule has 0 saturated carbocycles. The van der Waals surface area contributed by atoms with Crippen LogP contribution in [0, 0.1) is 0 Å². The number of carbonyl (C=O) groups excluding carboxylic acids is 2. The standard InChI is InChI=1S/C17H13F6N3O2/c18-16(19,20)10-4-6-12(7-5-10)25-14(27)9-24-15(28)26-13-3-1-2-11(8-13)17(21,22)23/h1-8H,9H2,(H,25,27)(H2,24,26,28). The lowest BCUT2D eigenvalue weighted by Gasteiger charge is -2.11. The highest BCUT2D eigenvalue weighted by molar-refractivity contribution is 5.96. The minimum absolute atomic E-state index is 0.0816. The van der Waals surface area contributed by atoms with Gasteiger partial charge >= 0.3 is 18.4 Å². The molecule has 3 N–H and O–H groups in total. The van der Waals surface area contributed by atoms with E-state index < -0.39 is 42.0 Å². The van der Waals surface area contributed by atoms with E-state index >= 15 is 0 Å². The van der Waals surface area contributed by atoms with E-state index in [0.717, 1.165) is 42.5 Å². The number of halogens is 6. The maximum atomic E-state index is 12.6. The maximum absolute atomic E-state index is 12.6. The van der Waals surface area contributed by atoms with E-state index in [-0.39, 0.29) is 11.4 Å². The molecule has 0 aliphatic rings. The Labute approximate surface area is 154 Å². The molecular formula is C17H13F6N3O2. The van der Waals surface area contributed by atoms with E-state index in [1.54, 1.807) is 0 Å². The van der Waals surface area contributed by atoms with Gasteiger partial charge < -0.3 is 16.0 Å². The lowest BCUT2D eigenvalue weighted by atomic mass is 10.2. The summed E-state index contributed by atoms with van der Waals surface area (Å²) in [5.41, 5.74) is -1.89. The Hall–Kier alpha value is -3.24. The number of anilines is 2. The van der Waals surface area contributed by atoms with Crippen molar-refractivity contribution in [3.63, 3.8) is 0 Å². The second-order valence-electron chi connectivity index (χ2n) is 5.51. The van der Waals surface area contributed by atoms with Crippen molar-refractivity contribution in [1.82, 2.24) is 5.32 Å². The number of nitrogens with one attached hydrogen (secondary N) is 3. The Morgan fingerprint density at radius 3 is 1.93 bits per heavy atom. The van der Waals surface area contributed by atoms with Gasteiger partial charge in [-0.3, -0.25) is 4.79 Å². The van der Waals surface area contributed by atoms with Crippen molar-refractivity contribution >= 4 is 23.3 Å². The number of alkyl halides is 6. The minimum atomic E-state index is -4.57. The van der Waals surface area contributed by atoms with Crippen LogP contribution in [0.3, 0.4) is 0 Å². The Morgan fingerprint density at radius 1 is 0.750 bits per heavy atom. The molecule has 0 saturated heterocycles. The quantitative estimate of drug-likeness (QED) is 0.657. The Kier molecular flexibility index (Phi) is 6.16. The fourth-order valence-corrected chi connectivity index (χ4v) is 2.06. The van der Waals surface area contributed by atoms with Crippen LogP contribution in [-0.4, -0.2) is 18.5 Å². The van der Waals surface area contributed by atoms with E-state index in [1.165, 1.54) is 6.07 Å². The molecule has 28 heavy (non-hydrogen) atoms. The predicted octanol–water partition coefficient (Wildman–Crippen LogP) is 4.48. The van der Waals surface area contributed by atoms with E-state index in [2.05, 4.69) is 16.0 Å². The van der Waals surface area contributed by atoms with Gasteiger partial charge in [0.1, 0.15) is 0 Å². The van der Waals surface area contributed by atoms with Gasteiger partial charge in [-0.15, -0.1) is 0 Å². The first-order valence-corrected chi connectivity index (χ1v) is 7.64. The Morgan fingerprint density at radius 2 is 1.36 bits per heavy atom. The number of benzene rings is 2. The molecule has 0 unspecified atom stereocenters. The van der Waals surface area contributed by atoms with Crippen LogP contribution in [0.4, 0.5) is 42.5 Å². The van der Waals surface area contributed by atoms with E-state index in [4.69, 9.17) is 0 Å². The number of hydrogen-bond acceptors (Lipinski definition) is 2. The van der Waals surface area contributed by atoms with Gasteiger partial charge in [0.25, 0.3) is 0 Å². The van der Waals surface area contributed by atoms with E-state index in [1.807, 2.05) is 0 Å². The van der Waals surface area contributed by atoms with Crippen molar-refractivity contribution in [1.29, 1.82) is 0 Å². The van der Waals surface area contributed by atoms with Crippen LogP contribution < -0.4 is 16.0 Å². The minimum Gasteiger partial charge on any atom is -0.329 e. The first-order valence-electron chi connectivity index (χ1n) is 7.64. The largest absolute Gasteiger partial charge is 0.416 e. The lowest BCUT2D eigenvalue weighted by Crippen LogP contribution is -2.35. The van der Waals surface area contributed by atoms with Crippen molar-refractivity contribution in [3.05, 3.63) is 59.7 Å². The first kappa shape index (κ1) is 21.1. The third-order valence-electron chi connectivity index (χ3n) is 3.35. The average molecular weight is 405 g/mol. The maximum Gasteiger partial charge on any atom is 0.416 e. The van der Waals surface area contributed by atoms with Gasteiger partial charge in [-0.1, -0.05) is 6.07 Å². The van der Waals surface area contributed by atoms with Gasteiger partial charge in [-0.25, -0.2) is 4.79 Å². The van der Waals surface area contributed by atoms with Gasteiger partial charge in [0.2, 0.25) is 5.91 Å². The smallest absolute Gasteiger partial charge is 0.329 e. The molecule has 0 aliphatic heterocycles. The summed E-state index contributed by atoms with van der Waals surface area (Å²) in [6.07, 6.45) is -9.08. The number of urea groups is 1. The molecule has 2 rings (SSSR count). The summed E-state index contributed by atoms with van der Waals surface area (Å²) in [6, 6.07) is 6.62. The van der Waals surface area contributed by atoms with Crippen LogP contribution in [0.25, 0.3) is 0 Å². The van der Waals surface area contributed by atoms with Crippen molar-refractivity contribution in [2.45, 2.75) is 12.4 Å². The monoisotopic (exact) mass is 405 g/mol. The fraction of sp³-hybridized carbons (Fsp3) is 0.176. The summed E-state index contributed by atoms with van der Waals surface area (Å²) >= 11 is 0. The van der Waals surface area contributed by atoms with Crippen molar-refractivity contribution in [2.75, 3.05) is 17.2 Å². The van der Waals surface area contributed by atoms with E-state index in [0.29, 0.717) is 0 Å². The van der Waals surface area contributed by atoms with Gasteiger partial charge in [0, 0.05) is 11.4 Å². The normalized spacial score (nSPS) is 11.6. The molecule has 5 nitrogen and oxygen atoms in total. The predicted molar refractivity (Wildman–Crippen MR) is 88.5 cm³/mol. The van der Waals surface area contributed by atoms with Gasteiger partial charge in [-0.05, 0) is 42.5 Å². The molecule has 2 aromatic carbocycles. The number of carbonyl (C=O) groups is 2. The molecule has 0 bridgehead atoms. The molecule has 0 aromatic heterocycles. The lowest BCUT2D eigenvalue weighted by molar-refractivity contribution is -0.138. The molecule has 0 heterocycles. The fourth-order valence-electron chi connectivity index (χ4n) is 2.06. The zero-order valence-corrected chi connectivity index (χ0v) is 13.9. The summed E-state index contributed by atoms with van der Waals surface area (Å²) in [7, 11) is 0. The third kappa shape index (κ3) is 6.18. The van der Waals surface area contributed by atoms with Crippen LogP contribution in [0.15, 0.2) is 48.5 Å². The highest BCUT2D eigenvalue weighted by atomic mass is 19.4. The van der Waals surface area contributed by atoms with Crippen LogP contribution in [-0.2, 0) is 17.1 Å². The zero-order chi connectivity index (χ0) is 20.9. The molecule has 0 spiro atoms. The topological polar surface area (TPSA) is 70.2 Å². The van der Waals surface area contributed by atoms with Crippen LogP contribution >= 0.6 is 0 Å². The highest BCUT2D eigenvalue weighted by Crippen LogP contribution is 2.31. The third-order valence-corrected chi connectivity index (χ3v) is 3.35. The molecule has 150 valence electrons. The molecule has 0 aliphatic carbocycles. The average Bonchev–Trinajstić information content (AvgIpc) is 2.59. The second-order valence-corrected chi connectivity index (χ2v) is 5.51. The number of hydrogen-bond donors (Lipinski definition) is 3. The Balaban J connectivity index is 1.85. The van der Waals surface area contributed by atoms with Gasteiger partial charge in [0.15, 0.2) is 0 Å². The van der Waals surface area contributed by atoms with Crippen LogP contribution in [0.2, 0.25) is 0 Å². The molecule has 2 aromatic rings. The number of amides is 3. The summed E-state index contributed by atoms with van der Waals surface area (Å²) in [4.78, 5) is 23.4. The van der Waals surface area contributed by atoms with Gasteiger partial charge in [-0.2, -0.15) is 26.3 Å². The zero-order valence-electron chi connectivity index (χ0n) is 13.9. The molecular weight excluding hydrogens is 392 g/mol. The summed E-state index contributed by atoms with van der Waals surface area (Å²) in [5, 5.41) is 6.54. The van der Waals surface area contributed by atoms with Crippen LogP contribution in [0.1, 0.15) is 11.1 Å². The molecule has 3 amide bonds. The molecule has 0 fully saturated rings. The van der Waals surface area contributed by atoms with E-state index in [9.17, 15) is 35.9 Å². The molecule has 0 atom stereocenters. The molecule has 11 heteroatoms. The van der Waals surface area contributed by atoms with Crippen molar-refractivity contribution in [2.24, 2.45) is 0 Å². The SMILES string of the molecule is O=C(CNC(=O)Nc1cccc(C(F)(F)F)c1)Nc1ccc(C(F)(F)F)cc1. The second kappa shape index (κ2) is 8.19. The Bertz CT molecular complexity index is 847. The van der Waals surface area contributed by atoms with Crippen molar-refractivity contribution < 1.29 is 35.9 Å². The summed E-state index contributed by atoms with van der Waals surface area (Å²) in [6.45, 7) is -0.550. The highest BCUT2D eigenvalue weighted by Gasteiger charge is 2.31. The molecule has 0 radical (unpaired) electrons. The first-order chi connectivity index (χ1) is 12.9. The van der Waals surface area contributed by atoms with Crippen molar-refractivity contribution in [3.8, 4) is 0 Å². The van der Waals surface area contributed by atoms with Crippen LogP contribution in [0.5, 0.6) is 0 Å². The number of rotatable bonds is 4. The van der Waals surface area contributed by atoms with Gasteiger partial charge in [0.05, 0.1) is 17.7 Å². The summed E-state index contributed by atoms with van der Waals surface area (Å²) < 4.78 is 75.2.